The molecule has 1 aliphatic rings. The molecule has 1 aliphatic heterocycles. The Morgan fingerprint density at radius 3 is 2.81 bits per heavy atom. The third kappa shape index (κ3) is 3.48. The Morgan fingerprint density at radius 1 is 1.19 bits per heavy atom. The van der Waals surface area contributed by atoms with Crippen LogP contribution < -0.4 is 5.69 Å². The van der Waals surface area contributed by atoms with Crippen LogP contribution in [0.4, 0.5) is 0 Å². The van der Waals surface area contributed by atoms with Crippen LogP contribution in [0.5, 0.6) is 0 Å². The minimum absolute atomic E-state index is 0.0460. The maximum atomic E-state index is 13.1. The topological polar surface area (TPSA) is 102 Å². The number of aryl methyl sites for hydroxylation is 1. The first kappa shape index (κ1) is 19.1. The van der Waals surface area contributed by atoms with E-state index in [0.717, 1.165) is 18.5 Å². The molecule has 0 aliphatic carbocycles. The highest BCUT2D eigenvalue weighted by atomic mass is 16.3. The van der Waals surface area contributed by atoms with Gasteiger partial charge in [-0.1, -0.05) is 18.2 Å². The lowest BCUT2D eigenvalue weighted by Crippen LogP contribution is -2.40. The van der Waals surface area contributed by atoms with Crippen molar-refractivity contribution in [2.45, 2.75) is 18.8 Å². The van der Waals surface area contributed by atoms with Gasteiger partial charge in [0.25, 0.3) is 5.91 Å². The van der Waals surface area contributed by atoms with Crippen molar-refractivity contribution >= 4 is 5.91 Å². The quantitative estimate of drug-likeness (QED) is 0.549. The van der Waals surface area contributed by atoms with Crippen LogP contribution in [0, 0.1) is 0 Å². The molecule has 1 fully saturated rings. The summed E-state index contributed by atoms with van der Waals surface area (Å²) in [5.41, 5.74) is 1.58. The smallest absolute Gasteiger partial charge is 0.350 e. The summed E-state index contributed by atoms with van der Waals surface area (Å²) in [5, 5.41) is 11.5. The first-order valence-electron chi connectivity index (χ1n) is 10.2. The molecule has 1 atom stereocenters. The van der Waals surface area contributed by atoms with Crippen LogP contribution in [0.25, 0.3) is 17.1 Å². The molecule has 0 radical (unpaired) electrons. The normalized spacial score (nSPS) is 16.5. The summed E-state index contributed by atoms with van der Waals surface area (Å²) >= 11 is 0. The molecule has 1 aromatic carbocycles. The van der Waals surface area contributed by atoms with E-state index in [1.54, 1.807) is 34.9 Å². The molecule has 4 heterocycles. The Balaban J connectivity index is 1.41. The molecule has 1 saturated heterocycles. The number of nitrogens with one attached hydrogen (secondary N) is 1. The van der Waals surface area contributed by atoms with E-state index in [0.29, 0.717) is 36.1 Å². The van der Waals surface area contributed by atoms with E-state index in [4.69, 9.17) is 4.42 Å². The third-order valence-corrected chi connectivity index (χ3v) is 5.62. The maximum Gasteiger partial charge on any atom is 0.350 e. The van der Waals surface area contributed by atoms with Gasteiger partial charge in [-0.2, -0.15) is 10.2 Å². The number of hydrogen-bond donors (Lipinski definition) is 1. The molecule has 9 nitrogen and oxygen atoms in total. The maximum absolute atomic E-state index is 13.1. The number of piperidine rings is 1. The van der Waals surface area contributed by atoms with Crippen molar-refractivity contribution in [1.29, 1.82) is 0 Å². The van der Waals surface area contributed by atoms with Gasteiger partial charge >= 0.3 is 5.69 Å². The zero-order valence-corrected chi connectivity index (χ0v) is 17.1. The molecule has 0 bridgehead atoms. The van der Waals surface area contributed by atoms with Crippen LogP contribution in [0.3, 0.4) is 0 Å². The van der Waals surface area contributed by atoms with Crippen molar-refractivity contribution in [3.8, 4) is 17.1 Å². The first-order valence-corrected chi connectivity index (χ1v) is 10.2. The average molecular weight is 418 g/mol. The Labute approximate surface area is 177 Å². The monoisotopic (exact) mass is 418 g/mol. The number of likely N-dealkylation sites (tertiary alicyclic amines) is 1. The van der Waals surface area contributed by atoms with Crippen molar-refractivity contribution < 1.29 is 9.21 Å². The van der Waals surface area contributed by atoms with Crippen LogP contribution >= 0.6 is 0 Å². The van der Waals surface area contributed by atoms with Gasteiger partial charge in [-0.05, 0) is 37.1 Å². The minimum atomic E-state index is -0.194. The number of hydrogen-bond acceptors (Lipinski definition) is 5. The zero-order valence-electron chi connectivity index (χ0n) is 17.1. The van der Waals surface area contributed by atoms with Gasteiger partial charge in [-0.15, -0.1) is 0 Å². The molecule has 9 heteroatoms. The summed E-state index contributed by atoms with van der Waals surface area (Å²) in [6.07, 6.45) is 3.25. The molecule has 0 unspecified atom stereocenters. The van der Waals surface area contributed by atoms with Crippen LogP contribution in [0.15, 0.2) is 64.0 Å². The van der Waals surface area contributed by atoms with E-state index in [1.165, 1.54) is 4.68 Å². The minimum Gasteiger partial charge on any atom is -0.463 e. The molecule has 4 aromatic rings. The molecule has 31 heavy (non-hydrogen) atoms. The van der Waals surface area contributed by atoms with E-state index < -0.39 is 0 Å². The average Bonchev–Trinajstić information content (AvgIpc) is 3.55. The highest BCUT2D eigenvalue weighted by Crippen LogP contribution is 2.28. The standard InChI is InChI=1S/C22H22N6O3/c1-26-22(30)28(16-8-3-2-4-9-16)20(25-26)15-7-5-11-27(14-15)21(29)18-13-17(23-24-18)19-10-6-12-31-19/h2-4,6,8-10,12-13,15H,5,7,11,14H2,1H3,(H,23,24)/t15-/m0/s1. The molecular formula is C22H22N6O3. The number of furan rings is 1. The number of H-pyrrole nitrogens is 1. The SMILES string of the molecule is Cn1nc([C@H]2CCCN(C(=O)c3cc(-c4ccco4)[nH]n3)C2)n(-c2ccccc2)c1=O. The molecule has 0 saturated carbocycles. The molecule has 0 spiro atoms. The van der Waals surface area contributed by atoms with Crippen molar-refractivity contribution in [2.75, 3.05) is 13.1 Å². The van der Waals surface area contributed by atoms with E-state index in [1.807, 2.05) is 36.4 Å². The second-order valence-corrected chi connectivity index (χ2v) is 7.67. The van der Waals surface area contributed by atoms with Gasteiger partial charge in [0.15, 0.2) is 11.5 Å². The van der Waals surface area contributed by atoms with Crippen molar-refractivity contribution in [3.05, 3.63) is 76.8 Å². The van der Waals surface area contributed by atoms with Gasteiger partial charge in [0.2, 0.25) is 0 Å². The summed E-state index contributed by atoms with van der Waals surface area (Å²) in [4.78, 5) is 27.6. The number of para-hydroxylation sites is 1. The van der Waals surface area contributed by atoms with Gasteiger partial charge in [-0.25, -0.2) is 14.0 Å². The number of carbonyl (C=O) groups excluding carboxylic acids is 1. The van der Waals surface area contributed by atoms with E-state index >= 15 is 0 Å². The van der Waals surface area contributed by atoms with Crippen LogP contribution in [0.2, 0.25) is 0 Å². The molecule has 5 rings (SSSR count). The van der Waals surface area contributed by atoms with Gasteiger partial charge in [0.05, 0.1) is 12.0 Å². The number of aromatic nitrogens is 5. The number of aromatic amines is 1. The molecule has 3 aromatic heterocycles. The first-order chi connectivity index (χ1) is 15.1. The van der Waals surface area contributed by atoms with E-state index in [2.05, 4.69) is 15.3 Å². The fourth-order valence-electron chi connectivity index (χ4n) is 4.09. The Bertz CT molecular complexity index is 1250. The molecule has 1 amide bonds. The number of amides is 1. The van der Waals surface area contributed by atoms with Gasteiger partial charge in [0.1, 0.15) is 11.5 Å². The van der Waals surface area contributed by atoms with E-state index in [-0.39, 0.29) is 17.5 Å². The number of carbonyl (C=O) groups is 1. The summed E-state index contributed by atoms with van der Waals surface area (Å²) < 4.78 is 8.36. The fraction of sp³-hybridized carbons (Fsp3) is 0.273. The Morgan fingerprint density at radius 2 is 2.03 bits per heavy atom. The predicted molar refractivity (Wildman–Crippen MR) is 113 cm³/mol. The summed E-state index contributed by atoms with van der Waals surface area (Å²) in [7, 11) is 1.65. The van der Waals surface area contributed by atoms with Crippen LogP contribution in [0.1, 0.15) is 35.1 Å². The zero-order chi connectivity index (χ0) is 21.4. The highest BCUT2D eigenvalue weighted by molar-refractivity contribution is 5.93. The predicted octanol–water partition coefficient (Wildman–Crippen LogP) is 2.57. The van der Waals surface area contributed by atoms with Gasteiger partial charge in [-0.3, -0.25) is 9.89 Å². The third-order valence-electron chi connectivity index (χ3n) is 5.62. The van der Waals surface area contributed by atoms with Gasteiger partial charge < -0.3 is 9.32 Å². The lowest BCUT2D eigenvalue weighted by molar-refractivity contribution is 0.0698. The number of rotatable bonds is 4. The number of benzene rings is 1. The molecule has 158 valence electrons. The molecular weight excluding hydrogens is 396 g/mol. The fourth-order valence-corrected chi connectivity index (χ4v) is 4.09. The molecule has 1 N–H and O–H groups in total. The van der Waals surface area contributed by atoms with Crippen molar-refractivity contribution in [1.82, 2.24) is 29.4 Å². The second-order valence-electron chi connectivity index (χ2n) is 7.67. The number of nitrogens with zero attached hydrogens (tertiary/aromatic N) is 5. The highest BCUT2D eigenvalue weighted by Gasteiger charge is 2.31. The van der Waals surface area contributed by atoms with Crippen molar-refractivity contribution in [3.63, 3.8) is 0 Å². The second kappa shape index (κ2) is 7.75. The van der Waals surface area contributed by atoms with E-state index in [9.17, 15) is 9.59 Å². The van der Waals surface area contributed by atoms with Gasteiger partial charge in [0, 0.05) is 32.1 Å². The Hall–Kier alpha value is -3.88. The Kier molecular flexibility index (Phi) is 4.78. The summed E-state index contributed by atoms with van der Waals surface area (Å²) in [6, 6.07) is 14.8. The summed E-state index contributed by atoms with van der Waals surface area (Å²) in [6.45, 7) is 1.12. The summed E-state index contributed by atoms with van der Waals surface area (Å²) in [5.74, 6) is 1.11. The van der Waals surface area contributed by atoms with Crippen LogP contribution in [-0.2, 0) is 7.05 Å². The van der Waals surface area contributed by atoms with Crippen LogP contribution in [-0.4, -0.2) is 48.4 Å². The lowest BCUT2D eigenvalue weighted by atomic mass is 9.96. The lowest BCUT2D eigenvalue weighted by Gasteiger charge is -2.31. The van der Waals surface area contributed by atoms with Crippen molar-refractivity contribution in [2.24, 2.45) is 7.05 Å². The largest absolute Gasteiger partial charge is 0.463 e.